The smallest absolute Gasteiger partial charge is 0.254 e. The van der Waals surface area contributed by atoms with E-state index in [0.29, 0.717) is 18.7 Å². The number of carbonyl (C=O) groups is 1. The van der Waals surface area contributed by atoms with Gasteiger partial charge in [0.2, 0.25) is 0 Å². The highest BCUT2D eigenvalue weighted by molar-refractivity contribution is 5.99. The molecule has 1 atom stereocenters. The molecule has 0 saturated carbocycles. The van der Waals surface area contributed by atoms with Crippen LogP contribution in [0.15, 0.2) is 18.2 Å². The maximum absolute atomic E-state index is 12.9. The number of aliphatic hydroxyl groups excluding tert-OH is 1. The number of fused-ring (bicyclic) bond motifs is 1. The van der Waals surface area contributed by atoms with Crippen molar-refractivity contribution in [1.82, 2.24) is 9.47 Å². The van der Waals surface area contributed by atoms with E-state index >= 15 is 0 Å². The first-order chi connectivity index (χ1) is 11.8. The Labute approximate surface area is 150 Å². The second kappa shape index (κ2) is 8.02. The molecule has 138 valence electrons. The number of rotatable bonds is 7. The molecule has 0 saturated heterocycles. The van der Waals surface area contributed by atoms with Gasteiger partial charge in [0.1, 0.15) is 0 Å². The van der Waals surface area contributed by atoms with Gasteiger partial charge in [-0.15, -0.1) is 0 Å². The summed E-state index contributed by atoms with van der Waals surface area (Å²) in [7, 11) is 1.70. The summed E-state index contributed by atoms with van der Waals surface area (Å²) in [5, 5.41) is 10.8. The zero-order valence-electron chi connectivity index (χ0n) is 16.2. The molecule has 1 aromatic carbocycles. The van der Waals surface area contributed by atoms with Gasteiger partial charge in [-0.3, -0.25) is 4.79 Å². The molecule has 0 bridgehead atoms. The van der Waals surface area contributed by atoms with Crippen LogP contribution in [0.25, 0.3) is 10.9 Å². The third-order valence-electron chi connectivity index (χ3n) is 4.75. The third-order valence-corrected chi connectivity index (χ3v) is 4.75. The van der Waals surface area contributed by atoms with Gasteiger partial charge in [-0.2, -0.15) is 0 Å². The van der Waals surface area contributed by atoms with E-state index in [1.807, 2.05) is 32.0 Å². The zero-order valence-corrected chi connectivity index (χ0v) is 16.2. The number of aromatic nitrogens is 1. The minimum Gasteiger partial charge on any atom is -0.392 e. The number of benzene rings is 1. The number of aliphatic hydroxyl groups is 1. The Hall–Kier alpha value is -1.85. The van der Waals surface area contributed by atoms with E-state index in [9.17, 15) is 9.90 Å². The Balaban J connectivity index is 2.43. The van der Waals surface area contributed by atoms with Gasteiger partial charge >= 0.3 is 0 Å². The van der Waals surface area contributed by atoms with E-state index in [1.54, 1.807) is 18.9 Å². The van der Waals surface area contributed by atoms with Crippen LogP contribution < -0.4 is 0 Å². The lowest BCUT2D eigenvalue weighted by atomic mass is 10.1. The topological polar surface area (TPSA) is 54.7 Å². The molecule has 0 aliphatic carbocycles. The highest BCUT2D eigenvalue weighted by atomic mass is 16.5. The molecule has 0 fully saturated rings. The molecule has 5 heteroatoms. The van der Waals surface area contributed by atoms with E-state index in [-0.39, 0.29) is 11.9 Å². The maximum atomic E-state index is 12.9. The van der Waals surface area contributed by atoms with Crippen LogP contribution in [0.5, 0.6) is 0 Å². The summed E-state index contributed by atoms with van der Waals surface area (Å²) in [6.45, 7) is 11.6. The monoisotopic (exact) mass is 346 g/mol. The fourth-order valence-electron chi connectivity index (χ4n) is 3.23. The van der Waals surface area contributed by atoms with Crippen molar-refractivity contribution >= 4 is 16.8 Å². The molecule has 2 aromatic rings. The molecule has 1 N–H and O–H groups in total. The largest absolute Gasteiger partial charge is 0.392 e. The fraction of sp³-hybridized carbons (Fsp3) is 0.550. The Kier molecular flexibility index (Phi) is 6.25. The summed E-state index contributed by atoms with van der Waals surface area (Å²) in [6.07, 6.45) is -0.547. The Bertz CT molecular complexity index is 747. The number of nitrogens with zero attached hydrogens (tertiary/aromatic N) is 2. The van der Waals surface area contributed by atoms with E-state index in [4.69, 9.17) is 4.74 Å². The average Bonchev–Trinajstić information content (AvgIpc) is 2.80. The Morgan fingerprint density at radius 1 is 1.28 bits per heavy atom. The van der Waals surface area contributed by atoms with Crippen LogP contribution in [0.3, 0.4) is 0 Å². The highest BCUT2D eigenvalue weighted by Crippen LogP contribution is 2.27. The second-order valence-electron chi connectivity index (χ2n) is 6.99. The molecule has 1 heterocycles. The predicted octanol–water partition coefficient (Wildman–Crippen LogP) is 3.14. The second-order valence-corrected chi connectivity index (χ2v) is 6.99. The van der Waals surface area contributed by atoms with Crippen molar-refractivity contribution in [3.05, 3.63) is 35.0 Å². The summed E-state index contributed by atoms with van der Waals surface area (Å²) in [5.41, 5.74) is 4.16. The van der Waals surface area contributed by atoms with Crippen LogP contribution in [-0.2, 0) is 11.3 Å². The molecule has 1 amide bonds. The van der Waals surface area contributed by atoms with Crippen molar-refractivity contribution in [3.63, 3.8) is 0 Å². The average molecular weight is 346 g/mol. The van der Waals surface area contributed by atoms with Crippen LogP contribution in [0.1, 0.15) is 42.4 Å². The van der Waals surface area contributed by atoms with E-state index in [1.165, 1.54) is 11.3 Å². The number of hydrogen-bond donors (Lipinski definition) is 1. The number of hydrogen-bond acceptors (Lipinski definition) is 3. The Morgan fingerprint density at radius 3 is 2.52 bits per heavy atom. The minimum atomic E-state index is -0.547. The van der Waals surface area contributed by atoms with Gasteiger partial charge in [0, 0.05) is 48.4 Å². The van der Waals surface area contributed by atoms with Gasteiger partial charge in [-0.1, -0.05) is 0 Å². The van der Waals surface area contributed by atoms with Crippen molar-refractivity contribution in [3.8, 4) is 0 Å². The molecular weight excluding hydrogens is 316 g/mol. The van der Waals surface area contributed by atoms with Gasteiger partial charge in [-0.25, -0.2) is 0 Å². The molecule has 2 rings (SSSR count). The SMILES string of the molecule is COCCn1c(C)c(C)c2cc(C(=O)N(CC(C)O)C(C)C)ccc21. The van der Waals surface area contributed by atoms with Gasteiger partial charge in [0.15, 0.2) is 0 Å². The number of aryl methyl sites for hydroxylation is 1. The summed E-state index contributed by atoms with van der Waals surface area (Å²) in [5.74, 6) is -0.0421. The van der Waals surface area contributed by atoms with Crippen LogP contribution in [0, 0.1) is 13.8 Å². The van der Waals surface area contributed by atoms with Crippen LogP contribution in [0.4, 0.5) is 0 Å². The van der Waals surface area contributed by atoms with Crippen LogP contribution >= 0.6 is 0 Å². The van der Waals surface area contributed by atoms with E-state index in [0.717, 1.165) is 17.4 Å². The van der Waals surface area contributed by atoms with Crippen LogP contribution in [-0.4, -0.2) is 52.9 Å². The quantitative estimate of drug-likeness (QED) is 0.838. The lowest BCUT2D eigenvalue weighted by molar-refractivity contribution is 0.0579. The standard InChI is InChI=1S/C20H30N2O3/c1-13(2)22(12-14(3)23)20(24)17-7-8-19-18(11-17)15(4)16(5)21(19)9-10-25-6/h7-8,11,13-14,23H,9-10,12H2,1-6H3. The van der Waals surface area contributed by atoms with Gasteiger partial charge in [0.05, 0.1) is 12.7 Å². The first-order valence-electron chi connectivity index (χ1n) is 8.85. The summed E-state index contributed by atoms with van der Waals surface area (Å²) in [4.78, 5) is 14.6. The van der Waals surface area contributed by atoms with Crippen molar-refractivity contribution in [2.75, 3.05) is 20.3 Å². The predicted molar refractivity (Wildman–Crippen MR) is 101 cm³/mol. The molecule has 25 heavy (non-hydrogen) atoms. The first-order valence-corrected chi connectivity index (χ1v) is 8.85. The van der Waals surface area contributed by atoms with E-state index in [2.05, 4.69) is 18.4 Å². The zero-order chi connectivity index (χ0) is 18.7. The lowest BCUT2D eigenvalue weighted by Gasteiger charge is -2.28. The molecule has 0 aliphatic heterocycles. The van der Waals surface area contributed by atoms with Gasteiger partial charge in [0.25, 0.3) is 5.91 Å². The molecule has 0 spiro atoms. The lowest BCUT2D eigenvalue weighted by Crippen LogP contribution is -2.41. The molecule has 1 unspecified atom stereocenters. The fourth-order valence-corrected chi connectivity index (χ4v) is 3.23. The molecule has 1 aromatic heterocycles. The molecule has 0 aliphatic rings. The summed E-state index contributed by atoms with van der Waals surface area (Å²) < 4.78 is 7.44. The van der Waals surface area contributed by atoms with Gasteiger partial charge < -0.3 is 19.3 Å². The van der Waals surface area contributed by atoms with Crippen molar-refractivity contribution < 1.29 is 14.6 Å². The number of ether oxygens (including phenoxy) is 1. The number of amides is 1. The van der Waals surface area contributed by atoms with Crippen molar-refractivity contribution in [2.45, 2.75) is 53.3 Å². The van der Waals surface area contributed by atoms with E-state index < -0.39 is 6.10 Å². The van der Waals surface area contributed by atoms with Crippen molar-refractivity contribution in [1.29, 1.82) is 0 Å². The minimum absolute atomic E-state index is 0.0342. The molecule has 5 nitrogen and oxygen atoms in total. The number of methoxy groups -OCH3 is 1. The highest BCUT2D eigenvalue weighted by Gasteiger charge is 2.21. The molecular formula is C20H30N2O3. The summed E-state index contributed by atoms with van der Waals surface area (Å²) in [6, 6.07) is 5.90. The third kappa shape index (κ3) is 4.05. The van der Waals surface area contributed by atoms with Crippen LogP contribution in [0.2, 0.25) is 0 Å². The maximum Gasteiger partial charge on any atom is 0.254 e. The summed E-state index contributed by atoms with van der Waals surface area (Å²) >= 11 is 0. The first kappa shape index (κ1) is 19.5. The van der Waals surface area contributed by atoms with Gasteiger partial charge in [-0.05, 0) is 58.4 Å². The normalized spacial score (nSPS) is 12.8. The Morgan fingerprint density at radius 2 is 1.96 bits per heavy atom. The van der Waals surface area contributed by atoms with Crippen molar-refractivity contribution in [2.24, 2.45) is 0 Å². The number of carbonyl (C=O) groups excluding carboxylic acids is 1. The molecule has 0 radical (unpaired) electrons.